The van der Waals surface area contributed by atoms with E-state index in [0.29, 0.717) is 11.3 Å². The van der Waals surface area contributed by atoms with Crippen molar-refractivity contribution in [1.29, 1.82) is 0 Å². The Kier molecular flexibility index (Phi) is 3.67. The number of anilines is 1. The van der Waals surface area contributed by atoms with E-state index in [0.717, 1.165) is 3.57 Å². The minimum absolute atomic E-state index is 0.208. The molecular weight excluding hydrogens is 309 g/mol. The Bertz CT molecular complexity index is 429. The Morgan fingerprint density at radius 2 is 2.00 bits per heavy atom. The number of nitrogens with one attached hydrogen (secondary N) is 1. The zero-order chi connectivity index (χ0) is 11.6. The van der Waals surface area contributed by atoms with Crippen LogP contribution in [-0.4, -0.2) is 17.0 Å². The summed E-state index contributed by atoms with van der Waals surface area (Å²) in [4.78, 5) is 21.8. The van der Waals surface area contributed by atoms with Crippen LogP contribution in [0.2, 0.25) is 0 Å². The maximum atomic E-state index is 10.9. The molecule has 1 aromatic carbocycles. The SMILES string of the molecule is CC(=O)Nc1c(I)ccc(C(=O)O)c1C. The highest BCUT2D eigenvalue weighted by Gasteiger charge is 2.13. The summed E-state index contributed by atoms with van der Waals surface area (Å²) in [5.74, 6) is -1.20. The molecule has 80 valence electrons. The number of benzene rings is 1. The van der Waals surface area contributed by atoms with Gasteiger partial charge in [-0.3, -0.25) is 4.79 Å². The largest absolute Gasteiger partial charge is 0.478 e. The van der Waals surface area contributed by atoms with Gasteiger partial charge in [0.1, 0.15) is 0 Å². The van der Waals surface area contributed by atoms with E-state index >= 15 is 0 Å². The summed E-state index contributed by atoms with van der Waals surface area (Å²) in [6.45, 7) is 3.07. The number of hydrogen-bond acceptors (Lipinski definition) is 2. The molecule has 0 aliphatic rings. The van der Waals surface area contributed by atoms with Gasteiger partial charge < -0.3 is 10.4 Å². The number of carboxylic acid groups (broad SMARTS) is 1. The van der Waals surface area contributed by atoms with Gasteiger partial charge in [0.15, 0.2) is 0 Å². The Morgan fingerprint density at radius 1 is 1.40 bits per heavy atom. The highest BCUT2D eigenvalue weighted by atomic mass is 127. The number of rotatable bonds is 2. The summed E-state index contributed by atoms with van der Waals surface area (Å²) in [5, 5.41) is 11.5. The Morgan fingerprint density at radius 3 is 2.47 bits per heavy atom. The van der Waals surface area contributed by atoms with Gasteiger partial charge in [-0.2, -0.15) is 0 Å². The van der Waals surface area contributed by atoms with Crippen molar-refractivity contribution in [2.24, 2.45) is 0 Å². The smallest absolute Gasteiger partial charge is 0.336 e. The van der Waals surface area contributed by atoms with Crippen molar-refractivity contribution in [1.82, 2.24) is 0 Å². The highest BCUT2D eigenvalue weighted by molar-refractivity contribution is 14.1. The van der Waals surface area contributed by atoms with E-state index in [2.05, 4.69) is 27.9 Å². The van der Waals surface area contributed by atoms with E-state index in [-0.39, 0.29) is 11.5 Å². The number of hydrogen-bond donors (Lipinski definition) is 2. The number of amides is 1. The average molecular weight is 319 g/mol. The molecule has 5 heteroatoms. The lowest BCUT2D eigenvalue weighted by Crippen LogP contribution is -2.11. The molecule has 0 aromatic heterocycles. The third-order valence-corrected chi connectivity index (χ3v) is 2.84. The lowest BCUT2D eigenvalue weighted by atomic mass is 10.1. The monoisotopic (exact) mass is 319 g/mol. The van der Waals surface area contributed by atoms with Crippen molar-refractivity contribution in [2.75, 3.05) is 5.32 Å². The Labute approximate surface area is 101 Å². The van der Waals surface area contributed by atoms with Gasteiger partial charge in [0.2, 0.25) is 5.91 Å². The first-order valence-corrected chi connectivity index (χ1v) is 5.31. The van der Waals surface area contributed by atoms with Gasteiger partial charge in [-0.25, -0.2) is 4.79 Å². The zero-order valence-corrected chi connectivity index (χ0v) is 10.5. The fourth-order valence-corrected chi connectivity index (χ4v) is 1.96. The van der Waals surface area contributed by atoms with Gasteiger partial charge in [-0.1, -0.05) is 0 Å². The molecule has 0 radical (unpaired) electrons. The first-order valence-electron chi connectivity index (χ1n) is 4.23. The predicted octanol–water partition coefficient (Wildman–Crippen LogP) is 2.26. The molecule has 0 bridgehead atoms. The topological polar surface area (TPSA) is 66.4 Å². The van der Waals surface area contributed by atoms with Crippen LogP contribution in [0.15, 0.2) is 12.1 Å². The molecule has 0 saturated heterocycles. The van der Waals surface area contributed by atoms with Crippen molar-refractivity contribution >= 4 is 40.2 Å². The summed E-state index contributed by atoms with van der Waals surface area (Å²) >= 11 is 2.05. The molecule has 0 aliphatic heterocycles. The van der Waals surface area contributed by atoms with Gasteiger partial charge in [0.05, 0.1) is 11.3 Å². The van der Waals surface area contributed by atoms with E-state index in [1.54, 1.807) is 13.0 Å². The minimum atomic E-state index is -0.990. The molecule has 0 unspecified atom stereocenters. The molecule has 0 saturated carbocycles. The number of halogens is 1. The lowest BCUT2D eigenvalue weighted by Gasteiger charge is -2.11. The van der Waals surface area contributed by atoms with E-state index in [1.165, 1.54) is 13.0 Å². The van der Waals surface area contributed by atoms with E-state index in [1.807, 2.05) is 0 Å². The minimum Gasteiger partial charge on any atom is -0.478 e. The molecule has 0 fully saturated rings. The van der Waals surface area contributed by atoms with Crippen LogP contribution in [0.1, 0.15) is 22.8 Å². The first kappa shape index (κ1) is 12.0. The van der Waals surface area contributed by atoms with Crippen LogP contribution in [0.25, 0.3) is 0 Å². The summed E-state index contributed by atoms with van der Waals surface area (Å²) in [7, 11) is 0. The second-order valence-corrected chi connectivity index (χ2v) is 4.24. The third kappa shape index (κ3) is 2.68. The van der Waals surface area contributed by atoms with Gasteiger partial charge in [-0.15, -0.1) is 0 Å². The maximum absolute atomic E-state index is 10.9. The van der Waals surface area contributed by atoms with Gasteiger partial charge in [0, 0.05) is 10.5 Å². The molecule has 1 aromatic rings. The second-order valence-electron chi connectivity index (χ2n) is 3.08. The van der Waals surface area contributed by atoms with Gasteiger partial charge in [-0.05, 0) is 47.2 Å². The molecule has 0 heterocycles. The molecule has 4 nitrogen and oxygen atoms in total. The molecule has 0 aliphatic carbocycles. The standard InChI is InChI=1S/C10H10INO3/c1-5-7(10(14)15)3-4-8(11)9(5)12-6(2)13/h3-4H,1-2H3,(H,12,13)(H,14,15). The molecule has 0 atom stereocenters. The van der Waals surface area contributed by atoms with Crippen LogP contribution < -0.4 is 5.32 Å². The number of carbonyl (C=O) groups is 2. The van der Waals surface area contributed by atoms with Crippen LogP contribution in [-0.2, 0) is 4.79 Å². The molecule has 1 rings (SSSR count). The fraction of sp³-hybridized carbons (Fsp3) is 0.200. The van der Waals surface area contributed by atoms with E-state index in [4.69, 9.17) is 5.11 Å². The maximum Gasteiger partial charge on any atom is 0.336 e. The Hall–Kier alpha value is -1.11. The van der Waals surface area contributed by atoms with Crippen LogP contribution in [0, 0.1) is 10.5 Å². The van der Waals surface area contributed by atoms with Crippen LogP contribution in [0.4, 0.5) is 5.69 Å². The van der Waals surface area contributed by atoms with E-state index in [9.17, 15) is 9.59 Å². The van der Waals surface area contributed by atoms with Crippen LogP contribution in [0.3, 0.4) is 0 Å². The highest BCUT2D eigenvalue weighted by Crippen LogP contribution is 2.25. The second kappa shape index (κ2) is 4.61. The molecular formula is C10H10INO3. The quantitative estimate of drug-likeness (QED) is 0.822. The normalized spacial score (nSPS) is 9.80. The van der Waals surface area contributed by atoms with Gasteiger partial charge in [0.25, 0.3) is 0 Å². The number of carboxylic acids is 1. The first-order chi connectivity index (χ1) is 6.93. The predicted molar refractivity (Wildman–Crippen MR) is 65.2 cm³/mol. The fourth-order valence-electron chi connectivity index (χ4n) is 1.24. The Balaban J connectivity index is 3.29. The van der Waals surface area contributed by atoms with Crippen molar-refractivity contribution in [3.63, 3.8) is 0 Å². The van der Waals surface area contributed by atoms with Gasteiger partial charge >= 0.3 is 5.97 Å². The van der Waals surface area contributed by atoms with E-state index < -0.39 is 5.97 Å². The molecule has 15 heavy (non-hydrogen) atoms. The number of aromatic carboxylic acids is 1. The van der Waals surface area contributed by atoms with Crippen LogP contribution in [0.5, 0.6) is 0 Å². The molecule has 1 amide bonds. The summed E-state index contributed by atoms with van der Waals surface area (Å²) in [5.41, 5.74) is 1.35. The third-order valence-electron chi connectivity index (χ3n) is 1.95. The summed E-state index contributed by atoms with van der Waals surface area (Å²) in [6, 6.07) is 3.20. The van der Waals surface area contributed by atoms with Crippen LogP contribution >= 0.6 is 22.6 Å². The van der Waals surface area contributed by atoms with Crippen molar-refractivity contribution in [2.45, 2.75) is 13.8 Å². The van der Waals surface area contributed by atoms with Crippen molar-refractivity contribution < 1.29 is 14.7 Å². The number of carbonyl (C=O) groups excluding carboxylic acids is 1. The molecule has 2 N–H and O–H groups in total. The average Bonchev–Trinajstić information content (AvgIpc) is 2.11. The zero-order valence-electron chi connectivity index (χ0n) is 8.30. The summed E-state index contributed by atoms with van der Waals surface area (Å²) < 4.78 is 0.824. The lowest BCUT2D eigenvalue weighted by molar-refractivity contribution is -0.114. The van der Waals surface area contributed by atoms with Crippen molar-refractivity contribution in [3.05, 3.63) is 26.8 Å². The summed E-state index contributed by atoms with van der Waals surface area (Å²) in [6.07, 6.45) is 0. The molecule has 0 spiro atoms. The van der Waals surface area contributed by atoms with Crippen molar-refractivity contribution in [3.8, 4) is 0 Å².